The van der Waals surface area contributed by atoms with Crippen molar-refractivity contribution < 1.29 is 5.11 Å². The van der Waals surface area contributed by atoms with Crippen molar-refractivity contribution in [1.29, 1.82) is 0 Å². The fourth-order valence-corrected chi connectivity index (χ4v) is 2.40. The fourth-order valence-electron chi connectivity index (χ4n) is 2.40. The molecule has 0 saturated carbocycles. The molecule has 0 amide bonds. The van der Waals surface area contributed by atoms with Gasteiger partial charge in [0.25, 0.3) is 0 Å². The molecule has 1 saturated heterocycles. The van der Waals surface area contributed by atoms with E-state index in [1.165, 1.54) is 12.8 Å². The maximum atomic E-state index is 9.03. The molecule has 0 bridgehead atoms. The van der Waals surface area contributed by atoms with E-state index in [-0.39, 0.29) is 6.61 Å². The topological polar surface area (TPSA) is 49.5 Å². The van der Waals surface area contributed by atoms with Crippen molar-refractivity contribution in [2.75, 3.05) is 26.2 Å². The maximum Gasteiger partial charge on any atom is 0.0468 e. The molecule has 0 aromatic carbocycles. The summed E-state index contributed by atoms with van der Waals surface area (Å²) in [5.74, 6) is 1.08. The molecule has 0 radical (unpaired) electrons. The monoisotopic (exact) mass is 200 g/mol. The summed E-state index contributed by atoms with van der Waals surface area (Å²) in [6, 6.07) is 0.526. The van der Waals surface area contributed by atoms with Gasteiger partial charge in [0.15, 0.2) is 0 Å². The molecule has 1 heterocycles. The molecule has 3 nitrogen and oxygen atoms in total. The molecule has 3 unspecified atom stereocenters. The van der Waals surface area contributed by atoms with Gasteiger partial charge in [-0.2, -0.15) is 0 Å². The van der Waals surface area contributed by atoms with Gasteiger partial charge in [-0.3, -0.25) is 4.90 Å². The predicted octanol–water partition coefficient (Wildman–Crippen LogP) is 0.674. The van der Waals surface area contributed by atoms with Crippen molar-refractivity contribution in [3.63, 3.8) is 0 Å². The Morgan fingerprint density at radius 3 is 2.86 bits per heavy atom. The van der Waals surface area contributed by atoms with Gasteiger partial charge in [0.05, 0.1) is 0 Å². The molecule has 0 aromatic heterocycles. The van der Waals surface area contributed by atoms with Crippen LogP contribution in [0.2, 0.25) is 0 Å². The molecule has 1 aliphatic heterocycles. The number of nitrogens with two attached hydrogens (primary N) is 1. The highest BCUT2D eigenvalue weighted by Gasteiger charge is 2.27. The minimum absolute atomic E-state index is 0.280. The Morgan fingerprint density at radius 1 is 1.57 bits per heavy atom. The normalized spacial score (nSPS) is 31.7. The van der Waals surface area contributed by atoms with E-state index < -0.39 is 0 Å². The quantitative estimate of drug-likeness (QED) is 0.701. The van der Waals surface area contributed by atoms with Crippen LogP contribution in [0.25, 0.3) is 0 Å². The Kier molecular flexibility index (Phi) is 4.85. The van der Waals surface area contributed by atoms with Crippen LogP contribution in [-0.2, 0) is 0 Å². The lowest BCUT2D eigenvalue weighted by Crippen LogP contribution is -2.50. The number of rotatable bonds is 4. The molecule has 1 fully saturated rings. The number of hydrogen-bond acceptors (Lipinski definition) is 3. The summed E-state index contributed by atoms with van der Waals surface area (Å²) in [4.78, 5) is 2.45. The third kappa shape index (κ3) is 2.94. The molecular weight excluding hydrogens is 176 g/mol. The highest BCUT2D eigenvalue weighted by Crippen LogP contribution is 2.23. The number of aliphatic hydroxyl groups is 1. The number of likely N-dealkylation sites (tertiary alicyclic amines) is 1. The van der Waals surface area contributed by atoms with Gasteiger partial charge >= 0.3 is 0 Å². The van der Waals surface area contributed by atoms with Gasteiger partial charge in [0, 0.05) is 25.7 Å². The van der Waals surface area contributed by atoms with Crippen LogP contribution in [0.1, 0.15) is 26.7 Å². The molecule has 1 rings (SSSR count). The molecule has 84 valence electrons. The zero-order chi connectivity index (χ0) is 10.6. The standard InChI is InChI=1S/C11H24N2O/c1-9(8-14)7-13-5-3-4-10(2)11(13)6-12/h9-11,14H,3-8,12H2,1-2H3. The van der Waals surface area contributed by atoms with E-state index in [0.29, 0.717) is 17.9 Å². The fraction of sp³-hybridized carbons (Fsp3) is 1.00. The van der Waals surface area contributed by atoms with Gasteiger partial charge in [-0.25, -0.2) is 0 Å². The van der Waals surface area contributed by atoms with Crippen molar-refractivity contribution in [3.8, 4) is 0 Å². The van der Waals surface area contributed by atoms with E-state index in [9.17, 15) is 0 Å². The van der Waals surface area contributed by atoms with Gasteiger partial charge in [-0.05, 0) is 31.2 Å². The average molecular weight is 200 g/mol. The summed E-state index contributed by atoms with van der Waals surface area (Å²) in [7, 11) is 0. The van der Waals surface area contributed by atoms with Gasteiger partial charge in [-0.15, -0.1) is 0 Å². The Balaban J connectivity index is 2.47. The SMILES string of the molecule is CC(CO)CN1CCCC(C)C1CN. The van der Waals surface area contributed by atoms with Crippen molar-refractivity contribution in [2.45, 2.75) is 32.7 Å². The van der Waals surface area contributed by atoms with E-state index >= 15 is 0 Å². The minimum Gasteiger partial charge on any atom is -0.396 e. The van der Waals surface area contributed by atoms with Crippen LogP contribution in [-0.4, -0.2) is 42.3 Å². The zero-order valence-electron chi connectivity index (χ0n) is 9.45. The molecule has 0 spiro atoms. The van der Waals surface area contributed by atoms with E-state index in [1.807, 2.05) is 0 Å². The first-order valence-corrected chi connectivity index (χ1v) is 5.74. The van der Waals surface area contributed by atoms with Gasteiger partial charge in [-0.1, -0.05) is 13.8 Å². The zero-order valence-corrected chi connectivity index (χ0v) is 9.45. The predicted molar refractivity (Wildman–Crippen MR) is 59.1 cm³/mol. The first-order valence-electron chi connectivity index (χ1n) is 5.74. The van der Waals surface area contributed by atoms with Gasteiger partial charge in [0.1, 0.15) is 0 Å². The van der Waals surface area contributed by atoms with E-state index in [2.05, 4.69) is 18.7 Å². The highest BCUT2D eigenvalue weighted by atomic mass is 16.3. The summed E-state index contributed by atoms with van der Waals surface area (Å²) in [5.41, 5.74) is 5.80. The second kappa shape index (κ2) is 5.69. The lowest BCUT2D eigenvalue weighted by atomic mass is 9.90. The Hall–Kier alpha value is -0.120. The molecule has 0 aliphatic carbocycles. The Bertz CT molecular complexity index is 163. The second-order valence-corrected chi connectivity index (χ2v) is 4.71. The largest absolute Gasteiger partial charge is 0.396 e. The summed E-state index contributed by atoms with van der Waals surface area (Å²) >= 11 is 0. The first kappa shape index (κ1) is 12.0. The van der Waals surface area contributed by atoms with E-state index in [1.54, 1.807) is 0 Å². The van der Waals surface area contributed by atoms with Crippen LogP contribution < -0.4 is 5.73 Å². The lowest BCUT2D eigenvalue weighted by Gasteiger charge is -2.40. The Labute approximate surface area is 87.3 Å². The molecule has 3 heteroatoms. The smallest absolute Gasteiger partial charge is 0.0468 e. The first-order chi connectivity index (χ1) is 6.69. The number of piperidine rings is 1. The molecule has 14 heavy (non-hydrogen) atoms. The van der Waals surface area contributed by atoms with Crippen LogP contribution in [0.5, 0.6) is 0 Å². The lowest BCUT2D eigenvalue weighted by molar-refractivity contribution is 0.0775. The molecule has 3 N–H and O–H groups in total. The number of aliphatic hydroxyl groups excluding tert-OH is 1. The summed E-state index contributed by atoms with van der Waals surface area (Å²) in [5, 5.41) is 9.03. The summed E-state index contributed by atoms with van der Waals surface area (Å²) in [6.07, 6.45) is 2.57. The van der Waals surface area contributed by atoms with E-state index in [4.69, 9.17) is 10.8 Å². The third-order valence-corrected chi connectivity index (χ3v) is 3.33. The highest BCUT2D eigenvalue weighted by molar-refractivity contribution is 4.83. The molecule has 0 aromatic rings. The van der Waals surface area contributed by atoms with Crippen LogP contribution >= 0.6 is 0 Å². The van der Waals surface area contributed by atoms with Crippen molar-refractivity contribution in [1.82, 2.24) is 4.90 Å². The number of hydrogen-bond donors (Lipinski definition) is 2. The molecule has 3 atom stereocenters. The van der Waals surface area contributed by atoms with Crippen molar-refractivity contribution in [3.05, 3.63) is 0 Å². The van der Waals surface area contributed by atoms with Gasteiger partial charge in [0.2, 0.25) is 0 Å². The van der Waals surface area contributed by atoms with Crippen LogP contribution in [0.3, 0.4) is 0 Å². The van der Waals surface area contributed by atoms with Crippen LogP contribution in [0.4, 0.5) is 0 Å². The summed E-state index contributed by atoms with van der Waals surface area (Å²) in [6.45, 7) is 7.54. The minimum atomic E-state index is 0.280. The molecule has 1 aliphatic rings. The van der Waals surface area contributed by atoms with Gasteiger partial charge < -0.3 is 10.8 Å². The average Bonchev–Trinajstić information content (AvgIpc) is 2.18. The maximum absolute atomic E-state index is 9.03. The van der Waals surface area contributed by atoms with Crippen molar-refractivity contribution in [2.24, 2.45) is 17.6 Å². The van der Waals surface area contributed by atoms with Crippen molar-refractivity contribution >= 4 is 0 Å². The number of nitrogens with zero attached hydrogens (tertiary/aromatic N) is 1. The third-order valence-electron chi connectivity index (χ3n) is 3.33. The van der Waals surface area contributed by atoms with E-state index in [0.717, 1.165) is 19.6 Å². The Morgan fingerprint density at radius 2 is 2.29 bits per heavy atom. The second-order valence-electron chi connectivity index (χ2n) is 4.71. The molecular formula is C11H24N2O. The summed E-state index contributed by atoms with van der Waals surface area (Å²) < 4.78 is 0. The van der Waals surface area contributed by atoms with Crippen LogP contribution in [0.15, 0.2) is 0 Å². The van der Waals surface area contributed by atoms with Crippen LogP contribution in [0, 0.1) is 11.8 Å².